The number of nitrogens with zero attached hydrogens (tertiary/aromatic N) is 3. The second-order valence-electron chi connectivity index (χ2n) is 7.06. The summed E-state index contributed by atoms with van der Waals surface area (Å²) in [6, 6.07) is 9.00. The molecule has 1 aromatic heterocycles. The third-order valence-corrected chi connectivity index (χ3v) is 5.06. The molecule has 0 spiro atoms. The molecule has 30 heavy (non-hydrogen) atoms. The van der Waals surface area contributed by atoms with E-state index in [0.29, 0.717) is 37.2 Å². The third-order valence-electron chi connectivity index (χ3n) is 5.06. The molecule has 1 aliphatic rings. The number of nitrogens with one attached hydrogen (secondary N) is 2. The van der Waals surface area contributed by atoms with E-state index in [4.69, 9.17) is 9.47 Å². The van der Waals surface area contributed by atoms with Gasteiger partial charge >= 0.3 is 6.09 Å². The average molecular weight is 413 g/mol. The first-order valence-corrected chi connectivity index (χ1v) is 9.92. The van der Waals surface area contributed by atoms with Crippen LogP contribution in [0.4, 0.5) is 10.7 Å². The molecule has 2 N–H and O–H groups in total. The molecule has 0 saturated carbocycles. The molecular weight excluding hydrogens is 386 g/mol. The zero-order chi connectivity index (χ0) is 21.3. The minimum absolute atomic E-state index is 0.227. The number of carbonyl (C=O) groups excluding carboxylic acids is 2. The molecule has 0 unspecified atom stereocenters. The Balaban J connectivity index is 1.38. The lowest BCUT2D eigenvalue weighted by atomic mass is 9.97. The highest BCUT2D eigenvalue weighted by atomic mass is 16.6. The van der Waals surface area contributed by atoms with Crippen molar-refractivity contribution >= 4 is 17.9 Å². The summed E-state index contributed by atoms with van der Waals surface area (Å²) in [7, 11) is 3.31. The van der Waals surface area contributed by atoms with Crippen LogP contribution in [0.2, 0.25) is 0 Å². The number of aromatic nitrogens is 2. The molecule has 2 heterocycles. The maximum Gasteiger partial charge on any atom is 0.410 e. The van der Waals surface area contributed by atoms with Crippen molar-refractivity contribution in [3.05, 3.63) is 47.8 Å². The predicted octanol–water partition coefficient (Wildman–Crippen LogP) is 2.31. The first-order valence-electron chi connectivity index (χ1n) is 9.92. The Kier molecular flexibility index (Phi) is 7.42. The van der Waals surface area contributed by atoms with Gasteiger partial charge in [-0.25, -0.2) is 14.8 Å². The summed E-state index contributed by atoms with van der Waals surface area (Å²) in [6.45, 7) is 2.00. The van der Waals surface area contributed by atoms with Gasteiger partial charge in [-0.1, -0.05) is 12.1 Å². The van der Waals surface area contributed by atoms with E-state index in [1.165, 1.54) is 0 Å². The summed E-state index contributed by atoms with van der Waals surface area (Å²) in [6.07, 6.45) is 2.85. The summed E-state index contributed by atoms with van der Waals surface area (Å²) in [4.78, 5) is 34.4. The molecule has 2 amide bonds. The van der Waals surface area contributed by atoms with Crippen LogP contribution < -0.4 is 15.4 Å². The van der Waals surface area contributed by atoms with E-state index in [2.05, 4.69) is 20.6 Å². The van der Waals surface area contributed by atoms with Gasteiger partial charge in [-0.2, -0.15) is 0 Å². The minimum atomic E-state index is -0.311. The Morgan fingerprint density at radius 1 is 1.17 bits per heavy atom. The van der Waals surface area contributed by atoms with Crippen LogP contribution in [0.15, 0.2) is 36.5 Å². The second-order valence-corrected chi connectivity index (χ2v) is 7.06. The van der Waals surface area contributed by atoms with Crippen LogP contribution in [0, 0.1) is 5.92 Å². The molecule has 1 aliphatic heterocycles. The average Bonchev–Trinajstić information content (AvgIpc) is 2.81. The molecule has 1 aromatic carbocycles. The summed E-state index contributed by atoms with van der Waals surface area (Å²) in [5.74, 6) is 1.26. The summed E-state index contributed by atoms with van der Waals surface area (Å²) >= 11 is 0. The van der Waals surface area contributed by atoms with Crippen LogP contribution in [-0.4, -0.2) is 60.7 Å². The van der Waals surface area contributed by atoms with Crippen LogP contribution in [0.3, 0.4) is 0 Å². The van der Waals surface area contributed by atoms with Crippen molar-refractivity contribution in [3.63, 3.8) is 0 Å². The molecule has 0 radical (unpaired) electrons. The van der Waals surface area contributed by atoms with Gasteiger partial charge in [0.05, 0.1) is 7.11 Å². The molecular formula is C21H27N5O4. The summed E-state index contributed by atoms with van der Waals surface area (Å²) in [5, 5.41) is 5.73. The maximum absolute atomic E-state index is 12.3. The van der Waals surface area contributed by atoms with Gasteiger partial charge in [-0.3, -0.25) is 4.79 Å². The minimum Gasteiger partial charge on any atom is -0.497 e. The number of piperidine rings is 1. The maximum atomic E-state index is 12.3. The SMILES string of the molecule is CNc1nccc(C(=O)NCC2CCN(C(=O)OCc3ccc(OC)cc3)CC2)n1. The topological polar surface area (TPSA) is 106 Å². The van der Waals surface area contributed by atoms with Gasteiger partial charge in [0.15, 0.2) is 0 Å². The highest BCUT2D eigenvalue weighted by Gasteiger charge is 2.24. The van der Waals surface area contributed by atoms with E-state index >= 15 is 0 Å². The smallest absolute Gasteiger partial charge is 0.410 e. The molecule has 160 valence electrons. The van der Waals surface area contributed by atoms with Gasteiger partial charge in [0, 0.05) is 32.9 Å². The van der Waals surface area contributed by atoms with Crippen molar-refractivity contribution in [2.45, 2.75) is 19.4 Å². The number of carbonyl (C=O) groups is 2. The summed E-state index contributed by atoms with van der Waals surface area (Å²) < 4.78 is 10.5. The van der Waals surface area contributed by atoms with E-state index in [1.54, 1.807) is 31.3 Å². The lowest BCUT2D eigenvalue weighted by Crippen LogP contribution is -2.41. The van der Waals surface area contributed by atoms with Gasteiger partial charge in [0.25, 0.3) is 5.91 Å². The number of ether oxygens (including phenoxy) is 2. The zero-order valence-corrected chi connectivity index (χ0v) is 17.3. The molecule has 3 rings (SSSR count). The molecule has 9 heteroatoms. The molecule has 0 atom stereocenters. The Hall–Kier alpha value is -3.36. The highest BCUT2D eigenvalue weighted by Crippen LogP contribution is 2.18. The van der Waals surface area contributed by atoms with Crippen LogP contribution in [-0.2, 0) is 11.3 Å². The Labute approximate surface area is 175 Å². The number of methoxy groups -OCH3 is 1. The van der Waals surface area contributed by atoms with Crippen molar-refractivity contribution in [3.8, 4) is 5.75 Å². The quantitative estimate of drug-likeness (QED) is 0.717. The van der Waals surface area contributed by atoms with E-state index < -0.39 is 0 Å². The molecule has 2 aromatic rings. The summed E-state index contributed by atoms with van der Waals surface area (Å²) in [5.41, 5.74) is 1.24. The number of rotatable bonds is 7. The van der Waals surface area contributed by atoms with Crippen molar-refractivity contribution in [1.82, 2.24) is 20.2 Å². The van der Waals surface area contributed by atoms with Crippen molar-refractivity contribution in [2.24, 2.45) is 5.92 Å². The highest BCUT2D eigenvalue weighted by molar-refractivity contribution is 5.92. The standard InChI is InChI=1S/C21H27N5O4/c1-22-20-23-10-7-18(25-20)19(27)24-13-15-8-11-26(12-9-15)21(28)30-14-16-3-5-17(29-2)6-4-16/h3-7,10,15H,8-9,11-14H2,1-2H3,(H,24,27)(H,22,23,25). The normalized spacial score (nSPS) is 14.1. The van der Waals surface area contributed by atoms with Gasteiger partial charge in [0.1, 0.15) is 18.1 Å². The van der Waals surface area contributed by atoms with Gasteiger partial charge in [-0.05, 0) is 42.5 Å². The van der Waals surface area contributed by atoms with Crippen molar-refractivity contribution < 1.29 is 19.1 Å². The van der Waals surface area contributed by atoms with E-state index in [9.17, 15) is 9.59 Å². The molecule has 1 saturated heterocycles. The zero-order valence-electron chi connectivity index (χ0n) is 17.3. The number of anilines is 1. The fourth-order valence-corrected chi connectivity index (χ4v) is 3.21. The van der Waals surface area contributed by atoms with Crippen LogP contribution in [0.5, 0.6) is 5.75 Å². The van der Waals surface area contributed by atoms with Gasteiger partial charge in [-0.15, -0.1) is 0 Å². The van der Waals surface area contributed by atoms with E-state index in [0.717, 1.165) is 24.2 Å². The molecule has 0 bridgehead atoms. The Morgan fingerprint density at radius 2 is 1.90 bits per heavy atom. The van der Waals surface area contributed by atoms with E-state index in [-0.39, 0.29) is 18.6 Å². The number of benzene rings is 1. The Morgan fingerprint density at radius 3 is 2.57 bits per heavy atom. The predicted molar refractivity (Wildman–Crippen MR) is 111 cm³/mol. The van der Waals surface area contributed by atoms with Crippen LogP contribution >= 0.6 is 0 Å². The fraction of sp³-hybridized carbons (Fsp3) is 0.429. The number of hydrogen-bond donors (Lipinski definition) is 2. The first kappa shape index (κ1) is 21.4. The van der Waals surface area contributed by atoms with Gasteiger partial charge < -0.3 is 25.0 Å². The van der Waals surface area contributed by atoms with Crippen LogP contribution in [0.25, 0.3) is 0 Å². The fourth-order valence-electron chi connectivity index (χ4n) is 3.21. The lowest BCUT2D eigenvalue weighted by Gasteiger charge is -2.31. The third kappa shape index (κ3) is 5.82. The van der Waals surface area contributed by atoms with Gasteiger partial charge in [0.2, 0.25) is 5.95 Å². The molecule has 1 fully saturated rings. The van der Waals surface area contributed by atoms with Crippen LogP contribution in [0.1, 0.15) is 28.9 Å². The lowest BCUT2D eigenvalue weighted by molar-refractivity contribution is 0.0800. The number of likely N-dealkylation sites (tertiary alicyclic amines) is 1. The monoisotopic (exact) mass is 413 g/mol. The second kappa shape index (κ2) is 10.4. The largest absolute Gasteiger partial charge is 0.497 e. The molecule has 0 aliphatic carbocycles. The van der Waals surface area contributed by atoms with Crippen molar-refractivity contribution in [1.29, 1.82) is 0 Å². The number of hydrogen-bond acceptors (Lipinski definition) is 7. The van der Waals surface area contributed by atoms with Crippen molar-refractivity contribution in [2.75, 3.05) is 39.1 Å². The molecule has 9 nitrogen and oxygen atoms in total. The Bertz CT molecular complexity index is 851. The first-order chi connectivity index (χ1) is 14.6. The van der Waals surface area contributed by atoms with E-state index in [1.807, 2.05) is 24.3 Å². The number of amides is 2.